The molecule has 0 radical (unpaired) electrons. The van der Waals surface area contributed by atoms with Crippen LogP contribution in [-0.4, -0.2) is 14.8 Å². The Morgan fingerprint density at radius 2 is 1.28 bits per heavy atom. The summed E-state index contributed by atoms with van der Waals surface area (Å²) in [4.78, 5) is 11.2. The van der Waals surface area contributed by atoms with Gasteiger partial charge in [0.1, 0.15) is 5.69 Å². The number of benzene rings is 1. The van der Waals surface area contributed by atoms with Crippen LogP contribution in [0.2, 0.25) is 0 Å². The van der Waals surface area contributed by atoms with Crippen molar-refractivity contribution in [1.29, 1.82) is 0 Å². The van der Waals surface area contributed by atoms with Crippen LogP contribution in [0, 0.1) is 33.9 Å². The third-order valence-corrected chi connectivity index (χ3v) is 2.38. The lowest BCUT2D eigenvalue weighted by Crippen LogP contribution is -2.20. The van der Waals surface area contributed by atoms with Gasteiger partial charge in [0, 0.05) is 0 Å². The van der Waals surface area contributed by atoms with E-state index in [0.29, 0.717) is 0 Å². The van der Waals surface area contributed by atoms with Crippen LogP contribution >= 0.6 is 12.2 Å². The Kier molecular flexibility index (Phi) is 2.81. The number of hydrogen-bond acceptors (Lipinski definition) is 2. The largest absolute Gasteiger partial charge is 0.347 e. The summed E-state index contributed by atoms with van der Waals surface area (Å²) in [5, 5.41) is 3.86. The van der Waals surface area contributed by atoms with Crippen molar-refractivity contribution in [1.82, 2.24) is 14.8 Å². The zero-order valence-corrected chi connectivity index (χ0v) is 8.97. The van der Waals surface area contributed by atoms with E-state index in [0.717, 1.165) is 0 Å². The SMILES string of the molecule is O=c1[nH][nH]c(=S)n1-c1c(F)c(F)c(F)c(F)c1F. The van der Waals surface area contributed by atoms with Gasteiger partial charge in [-0.05, 0) is 12.2 Å². The molecule has 0 spiro atoms. The third-order valence-electron chi connectivity index (χ3n) is 2.09. The lowest BCUT2D eigenvalue weighted by molar-refractivity contribution is 0.375. The van der Waals surface area contributed by atoms with E-state index in [9.17, 15) is 26.7 Å². The summed E-state index contributed by atoms with van der Waals surface area (Å²) in [7, 11) is 0. The van der Waals surface area contributed by atoms with E-state index in [-0.39, 0.29) is 4.57 Å². The Balaban J connectivity index is 2.98. The predicted molar refractivity (Wildman–Crippen MR) is 51.4 cm³/mol. The highest BCUT2D eigenvalue weighted by atomic mass is 32.1. The van der Waals surface area contributed by atoms with E-state index in [2.05, 4.69) is 12.2 Å². The van der Waals surface area contributed by atoms with Crippen molar-refractivity contribution in [3.05, 3.63) is 44.3 Å². The molecule has 0 aliphatic carbocycles. The Labute approximate surface area is 99.7 Å². The fraction of sp³-hybridized carbons (Fsp3) is 0. The van der Waals surface area contributed by atoms with E-state index >= 15 is 0 Å². The quantitative estimate of drug-likeness (QED) is 0.363. The highest BCUT2D eigenvalue weighted by Crippen LogP contribution is 2.25. The van der Waals surface area contributed by atoms with Gasteiger partial charge in [0.25, 0.3) is 0 Å². The highest BCUT2D eigenvalue weighted by molar-refractivity contribution is 7.71. The smallest absolute Gasteiger partial charge is 0.272 e. The van der Waals surface area contributed by atoms with Gasteiger partial charge in [-0.25, -0.2) is 36.4 Å². The van der Waals surface area contributed by atoms with Gasteiger partial charge in [-0.3, -0.25) is 5.10 Å². The molecule has 0 amide bonds. The Morgan fingerprint density at radius 3 is 1.67 bits per heavy atom. The minimum Gasteiger partial charge on any atom is -0.272 e. The number of hydrogen-bond donors (Lipinski definition) is 2. The molecule has 0 atom stereocenters. The predicted octanol–water partition coefficient (Wildman–Crippen LogP) is 1.92. The lowest BCUT2D eigenvalue weighted by Gasteiger charge is -2.07. The molecule has 2 aromatic rings. The minimum atomic E-state index is -2.31. The first-order chi connectivity index (χ1) is 8.36. The number of nitrogens with one attached hydrogen (secondary N) is 2. The average Bonchev–Trinajstić information content (AvgIpc) is 2.66. The molecular weight excluding hydrogens is 281 g/mol. The summed E-state index contributed by atoms with van der Waals surface area (Å²) in [6.07, 6.45) is 0. The Morgan fingerprint density at radius 1 is 0.833 bits per heavy atom. The van der Waals surface area contributed by atoms with Crippen LogP contribution in [0.3, 0.4) is 0 Å². The fourth-order valence-electron chi connectivity index (χ4n) is 1.30. The van der Waals surface area contributed by atoms with Crippen molar-refractivity contribution in [2.45, 2.75) is 0 Å². The van der Waals surface area contributed by atoms with Gasteiger partial charge in [0.15, 0.2) is 23.3 Å². The number of rotatable bonds is 1. The maximum absolute atomic E-state index is 13.4. The molecule has 0 saturated carbocycles. The van der Waals surface area contributed by atoms with Crippen LogP contribution in [0.5, 0.6) is 0 Å². The monoisotopic (exact) mass is 283 g/mol. The maximum Gasteiger partial charge on any atom is 0.347 e. The van der Waals surface area contributed by atoms with Crippen molar-refractivity contribution >= 4 is 12.2 Å². The summed E-state index contributed by atoms with van der Waals surface area (Å²) < 4.78 is 65.0. The number of aromatic nitrogens is 3. The van der Waals surface area contributed by atoms with Crippen LogP contribution in [0.25, 0.3) is 5.69 Å². The molecule has 1 aromatic carbocycles. The van der Waals surface area contributed by atoms with E-state index < -0.39 is 45.2 Å². The first-order valence-electron chi connectivity index (χ1n) is 4.27. The van der Waals surface area contributed by atoms with Crippen LogP contribution in [0.4, 0.5) is 22.0 Å². The van der Waals surface area contributed by atoms with E-state index in [1.165, 1.54) is 0 Å². The second-order valence-electron chi connectivity index (χ2n) is 3.11. The molecular formula is C8H2F5N3OS. The van der Waals surface area contributed by atoms with Gasteiger partial charge in [-0.15, -0.1) is 0 Å². The van der Waals surface area contributed by atoms with Crippen molar-refractivity contribution in [2.24, 2.45) is 0 Å². The van der Waals surface area contributed by atoms with E-state index in [1.54, 1.807) is 0 Å². The number of H-pyrrole nitrogens is 2. The van der Waals surface area contributed by atoms with Gasteiger partial charge < -0.3 is 0 Å². The lowest BCUT2D eigenvalue weighted by atomic mass is 10.2. The number of nitrogens with zero attached hydrogens (tertiary/aromatic N) is 1. The zero-order valence-electron chi connectivity index (χ0n) is 8.15. The van der Waals surface area contributed by atoms with Crippen molar-refractivity contribution in [3.8, 4) is 5.69 Å². The summed E-state index contributed by atoms with van der Waals surface area (Å²) in [6, 6.07) is 0. The molecule has 1 aromatic heterocycles. The molecule has 10 heteroatoms. The fourth-order valence-corrected chi connectivity index (χ4v) is 1.53. The molecule has 0 fully saturated rings. The van der Waals surface area contributed by atoms with Crippen LogP contribution < -0.4 is 5.69 Å². The van der Waals surface area contributed by atoms with Crippen molar-refractivity contribution in [2.75, 3.05) is 0 Å². The molecule has 18 heavy (non-hydrogen) atoms. The average molecular weight is 283 g/mol. The standard InChI is InChI=1S/C8H2F5N3OS/c9-1-2(10)4(12)6(5(13)3(1)11)16-7(17)14-15-8(16)18/h(H,14,17)(H,15,18). The van der Waals surface area contributed by atoms with E-state index in [4.69, 9.17) is 0 Å². The molecule has 0 aliphatic heterocycles. The molecule has 96 valence electrons. The van der Waals surface area contributed by atoms with Crippen LogP contribution in [0.15, 0.2) is 4.79 Å². The van der Waals surface area contributed by atoms with Crippen molar-refractivity contribution in [3.63, 3.8) is 0 Å². The molecule has 0 unspecified atom stereocenters. The molecule has 2 rings (SSSR count). The number of halogens is 5. The van der Waals surface area contributed by atoms with Crippen LogP contribution in [-0.2, 0) is 0 Å². The molecule has 0 saturated heterocycles. The van der Waals surface area contributed by atoms with Gasteiger partial charge in [-0.1, -0.05) is 0 Å². The normalized spacial score (nSPS) is 10.9. The summed E-state index contributed by atoms with van der Waals surface area (Å²) in [6.45, 7) is 0. The summed E-state index contributed by atoms with van der Waals surface area (Å²) >= 11 is 4.50. The van der Waals surface area contributed by atoms with Gasteiger partial charge in [0.2, 0.25) is 10.6 Å². The Bertz CT molecular complexity index is 690. The Hall–Kier alpha value is -1.97. The third kappa shape index (κ3) is 1.56. The van der Waals surface area contributed by atoms with Crippen molar-refractivity contribution < 1.29 is 22.0 Å². The molecule has 1 heterocycles. The summed E-state index contributed by atoms with van der Waals surface area (Å²) in [5.74, 6) is -10.9. The molecule has 0 aliphatic rings. The zero-order chi connectivity index (χ0) is 13.6. The van der Waals surface area contributed by atoms with E-state index in [1.807, 2.05) is 10.2 Å². The molecule has 2 N–H and O–H groups in total. The second-order valence-corrected chi connectivity index (χ2v) is 3.50. The first kappa shape index (κ1) is 12.5. The molecule has 4 nitrogen and oxygen atoms in total. The highest BCUT2D eigenvalue weighted by Gasteiger charge is 2.28. The van der Waals surface area contributed by atoms with Gasteiger partial charge >= 0.3 is 5.69 Å². The van der Waals surface area contributed by atoms with Gasteiger partial charge in [0.05, 0.1) is 0 Å². The molecule has 0 bridgehead atoms. The summed E-state index contributed by atoms with van der Waals surface area (Å²) in [5.41, 5.74) is -2.60. The van der Waals surface area contributed by atoms with Crippen LogP contribution in [0.1, 0.15) is 0 Å². The topological polar surface area (TPSA) is 53.6 Å². The van der Waals surface area contributed by atoms with Gasteiger partial charge in [-0.2, -0.15) is 0 Å². The maximum atomic E-state index is 13.4. The second kappa shape index (κ2) is 4.05. The first-order valence-corrected chi connectivity index (χ1v) is 4.68. The number of aromatic amines is 2. The minimum absolute atomic E-state index is 0.131.